The van der Waals surface area contributed by atoms with Crippen molar-refractivity contribution < 1.29 is 18.3 Å². The predicted octanol–water partition coefficient (Wildman–Crippen LogP) is 3.83. The molecule has 178 valence electrons. The van der Waals surface area contributed by atoms with E-state index in [1.54, 1.807) is 18.3 Å². The second-order valence-corrected chi connectivity index (χ2v) is 11.0. The highest BCUT2D eigenvalue weighted by atomic mass is 32.2. The quantitative estimate of drug-likeness (QED) is 0.278. The van der Waals surface area contributed by atoms with Gasteiger partial charge in [-0.1, -0.05) is 53.7 Å². The Kier molecular flexibility index (Phi) is 6.20. The number of aromatic amines is 1. The molecule has 9 nitrogen and oxygen atoms in total. The Morgan fingerprint density at radius 2 is 1.86 bits per heavy atom. The van der Waals surface area contributed by atoms with Gasteiger partial charge in [0, 0.05) is 28.4 Å². The van der Waals surface area contributed by atoms with E-state index in [9.17, 15) is 18.3 Å². The van der Waals surface area contributed by atoms with E-state index in [0.29, 0.717) is 5.69 Å². The van der Waals surface area contributed by atoms with E-state index in [2.05, 4.69) is 20.0 Å². The number of carboxylic acids is 1. The normalized spacial score (nSPS) is 12.7. The fourth-order valence-corrected chi connectivity index (χ4v) is 6.17. The largest absolute Gasteiger partial charge is 0.480 e. The highest BCUT2D eigenvalue weighted by Crippen LogP contribution is 2.30. The average Bonchev–Trinajstić information content (AvgIpc) is 3.62. The molecular weight excluding hydrogens is 486 g/mol. The van der Waals surface area contributed by atoms with Crippen molar-refractivity contribution in [1.82, 2.24) is 24.7 Å². The van der Waals surface area contributed by atoms with E-state index < -0.39 is 22.0 Å². The molecule has 0 bridgehead atoms. The van der Waals surface area contributed by atoms with Crippen molar-refractivity contribution in [3.63, 3.8) is 0 Å². The Balaban J connectivity index is 1.29. The predicted molar refractivity (Wildman–Crippen MR) is 132 cm³/mol. The fraction of sp³-hybridized carbons (Fsp3) is 0.125. The molecular formula is C24H21N5O4S2. The van der Waals surface area contributed by atoms with Gasteiger partial charge in [-0.15, -0.1) is 16.4 Å². The van der Waals surface area contributed by atoms with Crippen LogP contribution >= 0.6 is 11.3 Å². The molecule has 3 aromatic heterocycles. The molecule has 0 saturated carbocycles. The SMILES string of the molecule is O=C(O)C(Cc1c[nH]c2ccccc12)n1cc(CNS(=O)(=O)c2ccc(-c3ccccc3)s2)nn1. The summed E-state index contributed by atoms with van der Waals surface area (Å²) < 4.78 is 29.5. The van der Waals surface area contributed by atoms with Gasteiger partial charge in [0.2, 0.25) is 10.0 Å². The minimum absolute atomic E-state index is 0.111. The number of H-pyrrole nitrogens is 1. The Morgan fingerprint density at radius 1 is 1.09 bits per heavy atom. The van der Waals surface area contributed by atoms with Gasteiger partial charge in [-0.3, -0.25) is 0 Å². The van der Waals surface area contributed by atoms with Crippen molar-refractivity contribution in [3.8, 4) is 10.4 Å². The minimum Gasteiger partial charge on any atom is -0.480 e. The number of para-hydroxylation sites is 1. The molecule has 2 aromatic carbocycles. The van der Waals surface area contributed by atoms with Gasteiger partial charge >= 0.3 is 5.97 Å². The van der Waals surface area contributed by atoms with E-state index in [1.807, 2.05) is 54.6 Å². The van der Waals surface area contributed by atoms with Crippen molar-refractivity contribution >= 4 is 38.2 Å². The van der Waals surface area contributed by atoms with Crippen LogP contribution in [0.3, 0.4) is 0 Å². The molecule has 0 fully saturated rings. The van der Waals surface area contributed by atoms with Crippen molar-refractivity contribution in [3.05, 3.63) is 90.4 Å². The second-order valence-electron chi connectivity index (χ2n) is 7.92. The third kappa shape index (κ3) is 4.87. The molecule has 0 aliphatic rings. The summed E-state index contributed by atoms with van der Waals surface area (Å²) in [7, 11) is -3.77. The molecule has 1 unspecified atom stereocenters. The number of carbonyl (C=O) groups is 1. The molecule has 0 saturated heterocycles. The Labute approximate surface area is 205 Å². The van der Waals surface area contributed by atoms with Crippen LogP contribution in [0.1, 0.15) is 17.3 Å². The van der Waals surface area contributed by atoms with Crippen LogP contribution in [0.4, 0.5) is 0 Å². The van der Waals surface area contributed by atoms with Gasteiger partial charge in [0.05, 0.1) is 18.4 Å². The third-order valence-corrected chi connectivity index (χ3v) is 8.63. The number of sulfonamides is 1. The van der Waals surface area contributed by atoms with E-state index >= 15 is 0 Å². The first-order chi connectivity index (χ1) is 16.9. The van der Waals surface area contributed by atoms with Gasteiger partial charge < -0.3 is 10.1 Å². The van der Waals surface area contributed by atoms with E-state index in [0.717, 1.165) is 26.9 Å². The number of aliphatic carboxylic acids is 1. The number of hydrogen-bond donors (Lipinski definition) is 3. The van der Waals surface area contributed by atoms with Crippen LogP contribution in [0.15, 0.2) is 83.3 Å². The molecule has 0 spiro atoms. The number of carboxylic acid groups (broad SMARTS) is 1. The lowest BCUT2D eigenvalue weighted by Gasteiger charge is -2.11. The number of aromatic nitrogens is 4. The van der Waals surface area contributed by atoms with Crippen LogP contribution < -0.4 is 4.72 Å². The molecule has 5 aromatic rings. The zero-order valence-electron chi connectivity index (χ0n) is 18.3. The number of hydrogen-bond acceptors (Lipinski definition) is 6. The van der Waals surface area contributed by atoms with Crippen molar-refractivity contribution in [1.29, 1.82) is 0 Å². The van der Waals surface area contributed by atoms with Crippen LogP contribution in [0.5, 0.6) is 0 Å². The van der Waals surface area contributed by atoms with Crippen molar-refractivity contribution in [2.45, 2.75) is 23.2 Å². The average molecular weight is 508 g/mol. The van der Waals surface area contributed by atoms with Gasteiger partial charge in [0.1, 0.15) is 4.21 Å². The van der Waals surface area contributed by atoms with Gasteiger partial charge in [0.25, 0.3) is 0 Å². The zero-order chi connectivity index (χ0) is 24.4. The highest BCUT2D eigenvalue weighted by molar-refractivity contribution is 7.91. The van der Waals surface area contributed by atoms with Crippen LogP contribution in [-0.2, 0) is 27.8 Å². The summed E-state index contributed by atoms with van der Waals surface area (Å²) in [5.41, 5.74) is 3.03. The molecule has 0 aliphatic heterocycles. The van der Waals surface area contributed by atoms with Crippen LogP contribution in [0.25, 0.3) is 21.3 Å². The first-order valence-corrected chi connectivity index (χ1v) is 13.0. The molecule has 0 aliphatic carbocycles. The lowest BCUT2D eigenvalue weighted by Crippen LogP contribution is -2.23. The molecule has 3 heterocycles. The highest BCUT2D eigenvalue weighted by Gasteiger charge is 2.24. The molecule has 35 heavy (non-hydrogen) atoms. The maximum Gasteiger partial charge on any atom is 0.328 e. The molecule has 11 heteroatoms. The van der Waals surface area contributed by atoms with Crippen LogP contribution in [0.2, 0.25) is 0 Å². The lowest BCUT2D eigenvalue weighted by atomic mass is 10.1. The molecule has 5 rings (SSSR count). The second kappa shape index (κ2) is 9.45. The molecule has 0 amide bonds. The minimum atomic E-state index is -3.77. The Hall–Kier alpha value is -3.80. The summed E-state index contributed by atoms with van der Waals surface area (Å²) in [4.78, 5) is 16.0. The zero-order valence-corrected chi connectivity index (χ0v) is 20.0. The maximum atomic E-state index is 12.8. The summed E-state index contributed by atoms with van der Waals surface area (Å²) in [6, 6.07) is 19.5. The van der Waals surface area contributed by atoms with Crippen LogP contribution in [0, 0.1) is 0 Å². The van der Waals surface area contributed by atoms with Crippen molar-refractivity contribution in [2.24, 2.45) is 0 Å². The number of benzene rings is 2. The standard InChI is InChI=1S/C24H21N5O4S2/c30-24(31)21(12-17-13-25-20-9-5-4-8-19(17)20)29-15-18(27-28-29)14-26-35(32,33)23-11-10-22(34-23)16-6-2-1-3-7-16/h1-11,13,15,21,25-26H,12,14H2,(H,30,31). The Morgan fingerprint density at radius 3 is 2.66 bits per heavy atom. The number of thiophene rings is 1. The molecule has 3 N–H and O–H groups in total. The monoisotopic (exact) mass is 507 g/mol. The lowest BCUT2D eigenvalue weighted by molar-refractivity contribution is -0.141. The molecule has 0 radical (unpaired) electrons. The van der Waals surface area contributed by atoms with Gasteiger partial charge in [-0.25, -0.2) is 22.6 Å². The fourth-order valence-electron chi connectivity index (χ4n) is 3.81. The smallest absolute Gasteiger partial charge is 0.328 e. The Bertz CT molecular complexity index is 1590. The van der Waals surface area contributed by atoms with Crippen LogP contribution in [-0.4, -0.2) is 39.5 Å². The summed E-state index contributed by atoms with van der Waals surface area (Å²) in [5, 5.41) is 18.7. The summed E-state index contributed by atoms with van der Waals surface area (Å²) >= 11 is 1.17. The third-order valence-electron chi connectivity index (χ3n) is 5.60. The van der Waals surface area contributed by atoms with Gasteiger partial charge in [-0.2, -0.15) is 0 Å². The van der Waals surface area contributed by atoms with E-state index in [1.165, 1.54) is 22.2 Å². The van der Waals surface area contributed by atoms with Gasteiger partial charge in [-0.05, 0) is 29.3 Å². The van der Waals surface area contributed by atoms with E-state index in [-0.39, 0.29) is 17.2 Å². The first kappa shape index (κ1) is 23.0. The first-order valence-electron chi connectivity index (χ1n) is 10.7. The summed E-state index contributed by atoms with van der Waals surface area (Å²) in [6.07, 6.45) is 3.45. The van der Waals surface area contributed by atoms with Crippen molar-refractivity contribution in [2.75, 3.05) is 0 Å². The molecule has 1 atom stereocenters. The van der Waals surface area contributed by atoms with Gasteiger partial charge in [0.15, 0.2) is 6.04 Å². The summed E-state index contributed by atoms with van der Waals surface area (Å²) in [6.45, 7) is -0.111. The maximum absolute atomic E-state index is 12.8. The van der Waals surface area contributed by atoms with E-state index in [4.69, 9.17) is 0 Å². The summed E-state index contributed by atoms with van der Waals surface area (Å²) in [5.74, 6) is -1.06. The number of rotatable bonds is 9. The number of fused-ring (bicyclic) bond motifs is 1. The number of nitrogens with zero attached hydrogens (tertiary/aromatic N) is 3. The number of nitrogens with one attached hydrogen (secondary N) is 2. The topological polar surface area (TPSA) is 130 Å².